The molecule has 13 heavy (non-hydrogen) atoms. The fourth-order valence-electron chi connectivity index (χ4n) is 1.85. The van der Waals surface area contributed by atoms with Crippen LogP contribution in [0.5, 0.6) is 0 Å². The Morgan fingerprint density at radius 1 is 1.46 bits per heavy atom. The number of rotatable bonds is 3. The van der Waals surface area contributed by atoms with E-state index < -0.39 is 0 Å². The van der Waals surface area contributed by atoms with Gasteiger partial charge in [0.25, 0.3) is 0 Å². The fourth-order valence-corrected chi connectivity index (χ4v) is 1.85. The molecular formula is C11H22O2. The van der Waals surface area contributed by atoms with Crippen LogP contribution in [0.4, 0.5) is 0 Å². The lowest BCUT2D eigenvalue weighted by Gasteiger charge is -2.30. The summed E-state index contributed by atoms with van der Waals surface area (Å²) in [5.41, 5.74) is 0.195. The molecule has 1 heterocycles. The van der Waals surface area contributed by atoms with E-state index in [4.69, 9.17) is 4.74 Å². The molecule has 1 rings (SSSR count). The van der Waals surface area contributed by atoms with Gasteiger partial charge in [-0.05, 0) is 30.6 Å². The molecule has 1 saturated heterocycles. The van der Waals surface area contributed by atoms with Crippen molar-refractivity contribution in [2.45, 2.75) is 46.1 Å². The van der Waals surface area contributed by atoms with Gasteiger partial charge in [0.05, 0.1) is 6.10 Å². The van der Waals surface area contributed by atoms with E-state index >= 15 is 0 Å². The third-order valence-electron chi connectivity index (χ3n) is 3.02. The Bertz CT molecular complexity index is 143. The molecule has 1 aliphatic heterocycles. The maximum atomic E-state index is 9.27. The second kappa shape index (κ2) is 4.43. The second-order valence-electron chi connectivity index (χ2n) is 5.12. The quantitative estimate of drug-likeness (QED) is 0.732. The average Bonchev–Trinajstić information content (AvgIpc) is 2.49. The third-order valence-corrected chi connectivity index (χ3v) is 3.02. The zero-order chi connectivity index (χ0) is 9.90. The molecule has 2 unspecified atom stereocenters. The van der Waals surface area contributed by atoms with E-state index in [-0.39, 0.29) is 12.0 Å². The van der Waals surface area contributed by atoms with Gasteiger partial charge in [-0.2, -0.15) is 0 Å². The minimum Gasteiger partial charge on any atom is -0.396 e. The molecule has 0 aromatic heterocycles. The molecule has 2 atom stereocenters. The summed E-state index contributed by atoms with van der Waals surface area (Å²) in [5.74, 6) is 0.371. The van der Waals surface area contributed by atoms with Crippen molar-refractivity contribution < 1.29 is 9.84 Å². The summed E-state index contributed by atoms with van der Waals surface area (Å²) in [6, 6.07) is 0. The van der Waals surface area contributed by atoms with E-state index in [2.05, 4.69) is 20.8 Å². The van der Waals surface area contributed by atoms with Crippen molar-refractivity contribution >= 4 is 0 Å². The van der Waals surface area contributed by atoms with Crippen LogP contribution in [0.15, 0.2) is 0 Å². The SMILES string of the molecule is CC(C)(C)C(CO)CC1CCCO1. The number of aliphatic hydroxyl groups is 1. The first kappa shape index (κ1) is 11.0. The molecule has 1 aliphatic rings. The standard InChI is InChI=1S/C11H22O2/c1-11(2,3)9(8-12)7-10-5-4-6-13-10/h9-10,12H,4-8H2,1-3H3. The van der Waals surface area contributed by atoms with Crippen LogP contribution < -0.4 is 0 Å². The van der Waals surface area contributed by atoms with Crippen molar-refractivity contribution in [3.05, 3.63) is 0 Å². The first-order chi connectivity index (χ1) is 6.04. The third kappa shape index (κ3) is 3.28. The van der Waals surface area contributed by atoms with E-state index in [1.807, 2.05) is 0 Å². The first-order valence-corrected chi connectivity index (χ1v) is 5.26. The Morgan fingerprint density at radius 3 is 2.54 bits per heavy atom. The van der Waals surface area contributed by atoms with Gasteiger partial charge in [0.1, 0.15) is 0 Å². The molecule has 0 bridgehead atoms. The molecular weight excluding hydrogens is 164 g/mol. The number of ether oxygens (including phenoxy) is 1. The molecule has 0 radical (unpaired) electrons. The van der Waals surface area contributed by atoms with Gasteiger partial charge in [0.2, 0.25) is 0 Å². The van der Waals surface area contributed by atoms with Crippen molar-refractivity contribution in [1.29, 1.82) is 0 Å². The Kier molecular flexibility index (Phi) is 3.74. The Balaban J connectivity index is 2.39. The van der Waals surface area contributed by atoms with Gasteiger partial charge >= 0.3 is 0 Å². The van der Waals surface area contributed by atoms with Gasteiger partial charge in [-0.1, -0.05) is 20.8 Å². The van der Waals surface area contributed by atoms with Crippen LogP contribution in [-0.4, -0.2) is 24.4 Å². The maximum Gasteiger partial charge on any atom is 0.0579 e. The minimum absolute atomic E-state index is 0.195. The second-order valence-corrected chi connectivity index (χ2v) is 5.12. The van der Waals surface area contributed by atoms with Gasteiger partial charge < -0.3 is 9.84 Å². The van der Waals surface area contributed by atoms with Crippen LogP contribution in [0.25, 0.3) is 0 Å². The zero-order valence-electron chi connectivity index (χ0n) is 9.05. The zero-order valence-corrected chi connectivity index (χ0v) is 9.05. The summed E-state index contributed by atoms with van der Waals surface area (Å²) in [4.78, 5) is 0. The summed E-state index contributed by atoms with van der Waals surface area (Å²) in [5, 5.41) is 9.27. The molecule has 2 nitrogen and oxygen atoms in total. The van der Waals surface area contributed by atoms with Gasteiger partial charge in [0.15, 0.2) is 0 Å². The predicted octanol–water partition coefficient (Wildman–Crippen LogP) is 2.21. The van der Waals surface area contributed by atoms with Crippen molar-refractivity contribution in [2.24, 2.45) is 11.3 Å². The van der Waals surface area contributed by atoms with Gasteiger partial charge in [-0.15, -0.1) is 0 Å². The summed E-state index contributed by atoms with van der Waals surface area (Å²) in [6.07, 6.45) is 3.77. The highest BCUT2D eigenvalue weighted by Crippen LogP contribution is 2.32. The van der Waals surface area contributed by atoms with Crippen molar-refractivity contribution in [3.8, 4) is 0 Å². The van der Waals surface area contributed by atoms with E-state index in [9.17, 15) is 5.11 Å². The molecule has 0 aliphatic carbocycles. The molecule has 0 amide bonds. The highest BCUT2D eigenvalue weighted by Gasteiger charge is 2.28. The van der Waals surface area contributed by atoms with E-state index in [0.717, 1.165) is 13.0 Å². The normalized spacial score (nSPS) is 26.3. The van der Waals surface area contributed by atoms with Crippen LogP contribution >= 0.6 is 0 Å². The fraction of sp³-hybridized carbons (Fsp3) is 1.00. The van der Waals surface area contributed by atoms with E-state index in [0.29, 0.717) is 12.0 Å². The summed E-state index contributed by atoms with van der Waals surface area (Å²) in [6.45, 7) is 7.74. The van der Waals surface area contributed by atoms with Crippen molar-refractivity contribution in [3.63, 3.8) is 0 Å². The number of hydrogen-bond acceptors (Lipinski definition) is 2. The lowest BCUT2D eigenvalue weighted by atomic mass is 9.78. The molecule has 78 valence electrons. The summed E-state index contributed by atoms with van der Waals surface area (Å²) >= 11 is 0. The van der Waals surface area contributed by atoms with Crippen molar-refractivity contribution in [2.75, 3.05) is 13.2 Å². The monoisotopic (exact) mass is 186 g/mol. The average molecular weight is 186 g/mol. The lowest BCUT2D eigenvalue weighted by molar-refractivity contribution is 0.0427. The lowest BCUT2D eigenvalue weighted by Crippen LogP contribution is -2.28. The minimum atomic E-state index is 0.195. The highest BCUT2D eigenvalue weighted by atomic mass is 16.5. The topological polar surface area (TPSA) is 29.5 Å². The van der Waals surface area contributed by atoms with Crippen LogP contribution in [-0.2, 0) is 4.74 Å². The van der Waals surface area contributed by atoms with E-state index in [1.165, 1.54) is 12.8 Å². The molecule has 0 aromatic carbocycles. The van der Waals surface area contributed by atoms with Crippen molar-refractivity contribution in [1.82, 2.24) is 0 Å². The van der Waals surface area contributed by atoms with Gasteiger partial charge in [-0.25, -0.2) is 0 Å². The Hall–Kier alpha value is -0.0800. The molecule has 1 N–H and O–H groups in total. The maximum absolute atomic E-state index is 9.27. The van der Waals surface area contributed by atoms with Gasteiger partial charge in [-0.3, -0.25) is 0 Å². The van der Waals surface area contributed by atoms with Crippen LogP contribution in [0.3, 0.4) is 0 Å². The van der Waals surface area contributed by atoms with E-state index in [1.54, 1.807) is 0 Å². The number of aliphatic hydroxyl groups excluding tert-OH is 1. The molecule has 1 fully saturated rings. The van der Waals surface area contributed by atoms with Crippen LogP contribution in [0.1, 0.15) is 40.0 Å². The summed E-state index contributed by atoms with van der Waals surface area (Å²) in [7, 11) is 0. The highest BCUT2D eigenvalue weighted by molar-refractivity contribution is 4.78. The molecule has 0 saturated carbocycles. The Labute approximate surface area is 81.3 Å². The predicted molar refractivity (Wildman–Crippen MR) is 53.6 cm³/mol. The van der Waals surface area contributed by atoms with Crippen LogP contribution in [0.2, 0.25) is 0 Å². The van der Waals surface area contributed by atoms with Gasteiger partial charge in [0, 0.05) is 13.2 Å². The molecule has 0 spiro atoms. The smallest absolute Gasteiger partial charge is 0.0579 e. The van der Waals surface area contributed by atoms with Crippen LogP contribution in [0, 0.1) is 11.3 Å². The molecule has 0 aromatic rings. The Morgan fingerprint density at radius 2 is 2.15 bits per heavy atom. The summed E-state index contributed by atoms with van der Waals surface area (Å²) < 4.78 is 5.57. The first-order valence-electron chi connectivity index (χ1n) is 5.26. The molecule has 2 heteroatoms. The largest absolute Gasteiger partial charge is 0.396 e. The number of hydrogen-bond donors (Lipinski definition) is 1.